The maximum atomic E-state index is 12.1. The normalized spacial score (nSPS) is 10.3. The monoisotopic (exact) mass is 308 g/mol. The van der Waals surface area contributed by atoms with E-state index in [4.69, 9.17) is 16.3 Å². The lowest BCUT2D eigenvalue weighted by atomic mass is 10.3. The van der Waals surface area contributed by atoms with Crippen LogP contribution in [-0.2, 0) is 11.8 Å². The van der Waals surface area contributed by atoms with Crippen LogP contribution in [0.25, 0.3) is 0 Å². The Labute approximate surface area is 128 Å². The molecule has 2 aromatic rings. The zero-order valence-electron chi connectivity index (χ0n) is 12.1. The van der Waals surface area contributed by atoms with Gasteiger partial charge in [-0.3, -0.25) is 9.48 Å². The summed E-state index contributed by atoms with van der Waals surface area (Å²) in [5.74, 6) is 1.11. The number of carbonyl (C=O) groups excluding carboxylic acids is 1. The van der Waals surface area contributed by atoms with Crippen molar-refractivity contribution in [2.45, 2.75) is 0 Å². The molecule has 0 fully saturated rings. The van der Waals surface area contributed by atoms with E-state index in [1.165, 1.54) is 0 Å². The molecule has 0 bridgehead atoms. The Balaban J connectivity index is 2.03. The Kier molecular flexibility index (Phi) is 4.70. The Bertz CT molecular complexity index is 642. The molecule has 1 N–H and O–H groups in total. The van der Waals surface area contributed by atoms with Gasteiger partial charge in [-0.15, -0.1) is 0 Å². The highest BCUT2D eigenvalue weighted by atomic mass is 35.5. The van der Waals surface area contributed by atoms with Gasteiger partial charge in [0.25, 0.3) is 0 Å². The molecule has 0 saturated carbocycles. The maximum absolute atomic E-state index is 12.1. The van der Waals surface area contributed by atoms with Crippen LogP contribution in [0, 0.1) is 0 Å². The van der Waals surface area contributed by atoms with Gasteiger partial charge in [0, 0.05) is 31.4 Å². The van der Waals surface area contributed by atoms with E-state index in [2.05, 4.69) is 10.4 Å². The number of aryl methyl sites for hydroxylation is 1. The SMILES string of the molecule is COc1ccc(Cl)cc1NC(=O)CN(C)c1ccn(C)n1. The number of amides is 1. The molecule has 6 nitrogen and oxygen atoms in total. The lowest BCUT2D eigenvalue weighted by molar-refractivity contribution is -0.114. The quantitative estimate of drug-likeness (QED) is 0.919. The first-order valence-corrected chi connectivity index (χ1v) is 6.71. The van der Waals surface area contributed by atoms with E-state index in [-0.39, 0.29) is 12.5 Å². The first-order valence-electron chi connectivity index (χ1n) is 6.34. The zero-order valence-corrected chi connectivity index (χ0v) is 12.9. The summed E-state index contributed by atoms with van der Waals surface area (Å²) in [5, 5.41) is 7.55. The van der Waals surface area contributed by atoms with Crippen LogP contribution < -0.4 is 15.0 Å². The second kappa shape index (κ2) is 6.49. The molecule has 112 valence electrons. The fraction of sp³-hybridized carbons (Fsp3) is 0.286. The van der Waals surface area contributed by atoms with Crippen LogP contribution in [0.1, 0.15) is 0 Å². The van der Waals surface area contributed by atoms with Gasteiger partial charge in [-0.1, -0.05) is 11.6 Å². The zero-order chi connectivity index (χ0) is 15.4. The Hall–Kier alpha value is -2.21. The van der Waals surface area contributed by atoms with Crippen molar-refractivity contribution in [3.05, 3.63) is 35.5 Å². The number of hydrogen-bond donors (Lipinski definition) is 1. The molecule has 1 aromatic carbocycles. The first kappa shape index (κ1) is 15.2. The lowest BCUT2D eigenvalue weighted by Crippen LogP contribution is -2.30. The van der Waals surface area contributed by atoms with Gasteiger partial charge in [-0.05, 0) is 18.2 Å². The highest BCUT2D eigenvalue weighted by Gasteiger charge is 2.12. The van der Waals surface area contributed by atoms with Crippen LogP contribution in [-0.4, -0.2) is 36.4 Å². The van der Waals surface area contributed by atoms with Gasteiger partial charge in [-0.2, -0.15) is 5.10 Å². The molecule has 0 unspecified atom stereocenters. The Morgan fingerprint density at radius 2 is 2.24 bits per heavy atom. The number of anilines is 2. The standard InChI is InChI=1S/C14H17ClN4O2/c1-18(13-6-7-19(2)17-13)9-14(20)16-11-8-10(15)4-5-12(11)21-3/h4-8H,9H2,1-3H3,(H,16,20). The highest BCUT2D eigenvalue weighted by Crippen LogP contribution is 2.27. The fourth-order valence-electron chi connectivity index (χ4n) is 1.87. The summed E-state index contributed by atoms with van der Waals surface area (Å²) < 4.78 is 6.88. The van der Waals surface area contributed by atoms with Crippen LogP contribution in [0.2, 0.25) is 5.02 Å². The van der Waals surface area contributed by atoms with E-state index in [1.807, 2.05) is 19.3 Å². The molecule has 0 saturated heterocycles. The van der Waals surface area contributed by atoms with Gasteiger partial charge in [0.1, 0.15) is 5.75 Å². The summed E-state index contributed by atoms with van der Waals surface area (Å²) in [6.45, 7) is 0.173. The van der Waals surface area contributed by atoms with Crippen molar-refractivity contribution in [3.8, 4) is 5.75 Å². The van der Waals surface area contributed by atoms with Gasteiger partial charge in [0.05, 0.1) is 19.3 Å². The number of rotatable bonds is 5. The summed E-state index contributed by atoms with van der Waals surface area (Å²) in [5.41, 5.74) is 0.546. The number of hydrogen-bond acceptors (Lipinski definition) is 4. The molecule has 1 heterocycles. The minimum absolute atomic E-state index is 0.173. The second-order valence-electron chi connectivity index (χ2n) is 4.60. The number of ether oxygens (including phenoxy) is 1. The molecule has 7 heteroatoms. The molecule has 0 aliphatic heterocycles. The molecule has 2 rings (SSSR count). The number of methoxy groups -OCH3 is 1. The number of nitrogens with one attached hydrogen (secondary N) is 1. The van der Waals surface area contributed by atoms with E-state index in [0.29, 0.717) is 16.5 Å². The summed E-state index contributed by atoms with van der Waals surface area (Å²) in [6, 6.07) is 6.91. The van der Waals surface area contributed by atoms with Crippen LogP contribution in [0.15, 0.2) is 30.5 Å². The van der Waals surface area contributed by atoms with Crippen LogP contribution in [0.4, 0.5) is 11.5 Å². The first-order chi connectivity index (χ1) is 9.99. The largest absolute Gasteiger partial charge is 0.495 e. The topological polar surface area (TPSA) is 59.4 Å². The predicted octanol–water partition coefficient (Wildman–Crippen LogP) is 2.16. The number of nitrogens with zero attached hydrogens (tertiary/aromatic N) is 3. The fourth-order valence-corrected chi connectivity index (χ4v) is 2.04. The lowest BCUT2D eigenvalue weighted by Gasteiger charge is -2.16. The average Bonchev–Trinajstić information content (AvgIpc) is 2.85. The van der Waals surface area contributed by atoms with Crippen LogP contribution >= 0.6 is 11.6 Å². The third kappa shape index (κ3) is 3.88. The molecule has 1 amide bonds. The van der Waals surface area contributed by atoms with Gasteiger partial charge in [0.2, 0.25) is 5.91 Å². The molecule has 1 aromatic heterocycles. The number of carbonyl (C=O) groups is 1. The second-order valence-corrected chi connectivity index (χ2v) is 5.03. The molecule has 21 heavy (non-hydrogen) atoms. The Morgan fingerprint density at radius 1 is 1.48 bits per heavy atom. The minimum Gasteiger partial charge on any atom is -0.495 e. The maximum Gasteiger partial charge on any atom is 0.244 e. The van der Waals surface area contributed by atoms with Gasteiger partial charge >= 0.3 is 0 Å². The van der Waals surface area contributed by atoms with Crippen LogP contribution in [0.5, 0.6) is 5.75 Å². The molecular formula is C14H17ClN4O2. The van der Waals surface area contributed by atoms with E-state index in [1.54, 1.807) is 41.9 Å². The molecule has 0 aliphatic carbocycles. The molecule has 0 aliphatic rings. The molecule has 0 radical (unpaired) electrons. The number of benzene rings is 1. The minimum atomic E-state index is -0.177. The van der Waals surface area contributed by atoms with Crippen molar-refractivity contribution in [1.82, 2.24) is 9.78 Å². The predicted molar refractivity (Wildman–Crippen MR) is 83.1 cm³/mol. The third-order valence-electron chi connectivity index (χ3n) is 2.91. The van der Waals surface area contributed by atoms with Gasteiger partial charge < -0.3 is 15.0 Å². The summed E-state index contributed by atoms with van der Waals surface area (Å²) in [7, 11) is 5.17. The highest BCUT2D eigenvalue weighted by molar-refractivity contribution is 6.31. The summed E-state index contributed by atoms with van der Waals surface area (Å²) in [4.78, 5) is 13.9. The van der Waals surface area contributed by atoms with Crippen molar-refractivity contribution in [2.75, 3.05) is 30.9 Å². The molecular weight excluding hydrogens is 292 g/mol. The molecule has 0 spiro atoms. The van der Waals surface area contributed by atoms with Crippen molar-refractivity contribution in [1.29, 1.82) is 0 Å². The van der Waals surface area contributed by atoms with E-state index in [9.17, 15) is 4.79 Å². The van der Waals surface area contributed by atoms with E-state index >= 15 is 0 Å². The number of halogens is 1. The smallest absolute Gasteiger partial charge is 0.244 e. The number of aromatic nitrogens is 2. The van der Waals surface area contributed by atoms with Crippen molar-refractivity contribution in [3.63, 3.8) is 0 Å². The van der Waals surface area contributed by atoms with Crippen LogP contribution in [0.3, 0.4) is 0 Å². The summed E-state index contributed by atoms with van der Waals surface area (Å²) in [6.07, 6.45) is 1.82. The average molecular weight is 309 g/mol. The summed E-state index contributed by atoms with van der Waals surface area (Å²) >= 11 is 5.93. The van der Waals surface area contributed by atoms with E-state index in [0.717, 1.165) is 5.82 Å². The Morgan fingerprint density at radius 3 is 2.86 bits per heavy atom. The van der Waals surface area contributed by atoms with E-state index < -0.39 is 0 Å². The molecule has 0 atom stereocenters. The number of likely N-dealkylation sites (N-methyl/N-ethyl adjacent to an activating group) is 1. The van der Waals surface area contributed by atoms with Gasteiger partial charge in [0.15, 0.2) is 5.82 Å². The van der Waals surface area contributed by atoms with Crippen molar-refractivity contribution in [2.24, 2.45) is 7.05 Å². The third-order valence-corrected chi connectivity index (χ3v) is 3.14. The van der Waals surface area contributed by atoms with Crippen molar-refractivity contribution >= 4 is 29.0 Å². The van der Waals surface area contributed by atoms with Crippen molar-refractivity contribution < 1.29 is 9.53 Å². The van der Waals surface area contributed by atoms with Gasteiger partial charge in [-0.25, -0.2) is 0 Å².